The van der Waals surface area contributed by atoms with Crippen molar-refractivity contribution in [2.45, 2.75) is 32.4 Å². The number of aryl methyl sites for hydroxylation is 1. The fraction of sp³-hybridized carbons (Fsp3) is 0.308. The summed E-state index contributed by atoms with van der Waals surface area (Å²) in [5, 5.41) is 3.03. The average Bonchev–Trinajstić information content (AvgIpc) is 3.50. The first-order chi connectivity index (χ1) is 16.2. The van der Waals surface area contributed by atoms with Crippen molar-refractivity contribution in [1.29, 1.82) is 0 Å². The van der Waals surface area contributed by atoms with E-state index in [4.69, 9.17) is 14.2 Å². The van der Waals surface area contributed by atoms with Crippen LogP contribution in [-0.2, 0) is 11.4 Å². The number of carbonyl (C=O) groups excluding carboxylic acids is 1. The SMILES string of the molecule is Cc1nc(COc2cccc(/C=C/C(=O)N3CCC[C@H]3c3ccc4c(c3)OCCO4)c2)cs1. The van der Waals surface area contributed by atoms with Gasteiger partial charge >= 0.3 is 0 Å². The van der Waals surface area contributed by atoms with Gasteiger partial charge in [-0.25, -0.2) is 4.98 Å². The first-order valence-corrected chi connectivity index (χ1v) is 12.1. The van der Waals surface area contributed by atoms with Gasteiger partial charge in [0.05, 0.1) is 16.7 Å². The first-order valence-electron chi connectivity index (χ1n) is 11.2. The highest BCUT2D eigenvalue weighted by molar-refractivity contribution is 7.09. The minimum Gasteiger partial charge on any atom is -0.487 e. The maximum Gasteiger partial charge on any atom is 0.247 e. The highest BCUT2D eigenvalue weighted by Crippen LogP contribution is 2.38. The van der Waals surface area contributed by atoms with Gasteiger partial charge in [0.15, 0.2) is 11.5 Å². The molecule has 5 rings (SSSR count). The molecule has 1 saturated heterocycles. The number of hydrogen-bond donors (Lipinski definition) is 0. The Morgan fingerprint density at radius 2 is 2.09 bits per heavy atom. The predicted octanol–water partition coefficient (Wildman–Crippen LogP) is 5.18. The van der Waals surface area contributed by atoms with Gasteiger partial charge in [-0.1, -0.05) is 18.2 Å². The molecule has 2 aromatic carbocycles. The van der Waals surface area contributed by atoms with E-state index in [0.717, 1.165) is 58.5 Å². The van der Waals surface area contributed by atoms with Crippen molar-refractivity contribution >= 4 is 23.3 Å². The standard InChI is InChI=1S/C26H26N2O4S/c1-18-27-21(17-33-18)16-32-22-5-2-4-19(14-22)7-10-26(29)28-11-3-6-23(28)20-8-9-24-25(15-20)31-13-12-30-24/h2,4-5,7-10,14-15,17,23H,3,6,11-13,16H2,1H3/b10-7+/t23-/m0/s1. The molecule has 6 nitrogen and oxygen atoms in total. The van der Waals surface area contributed by atoms with Gasteiger partial charge < -0.3 is 19.1 Å². The van der Waals surface area contributed by atoms with Crippen LogP contribution in [0.15, 0.2) is 53.9 Å². The highest BCUT2D eigenvalue weighted by Gasteiger charge is 2.29. The minimum atomic E-state index is 0.0108. The Morgan fingerprint density at radius 3 is 2.94 bits per heavy atom. The van der Waals surface area contributed by atoms with Crippen LogP contribution >= 0.6 is 11.3 Å². The van der Waals surface area contributed by atoms with Crippen LogP contribution < -0.4 is 14.2 Å². The third-order valence-electron chi connectivity index (χ3n) is 5.82. The van der Waals surface area contributed by atoms with Crippen LogP contribution in [0, 0.1) is 6.92 Å². The van der Waals surface area contributed by atoms with E-state index in [1.54, 1.807) is 17.4 Å². The van der Waals surface area contributed by atoms with Crippen LogP contribution in [0.3, 0.4) is 0 Å². The fourth-order valence-electron chi connectivity index (χ4n) is 4.25. The first kappa shape index (κ1) is 21.5. The van der Waals surface area contributed by atoms with Gasteiger partial charge in [-0.05, 0) is 61.2 Å². The van der Waals surface area contributed by atoms with Crippen LogP contribution in [0.25, 0.3) is 6.08 Å². The molecule has 7 heteroatoms. The molecule has 0 spiro atoms. The summed E-state index contributed by atoms with van der Waals surface area (Å²) >= 11 is 1.61. The van der Waals surface area contributed by atoms with E-state index in [0.29, 0.717) is 19.8 Å². The number of hydrogen-bond acceptors (Lipinski definition) is 6. The van der Waals surface area contributed by atoms with Gasteiger partial charge in [0, 0.05) is 18.0 Å². The van der Waals surface area contributed by atoms with E-state index in [1.165, 1.54) is 0 Å². The molecule has 0 saturated carbocycles. The molecule has 1 fully saturated rings. The lowest BCUT2D eigenvalue weighted by atomic mass is 10.0. The van der Waals surface area contributed by atoms with E-state index in [1.807, 2.05) is 65.7 Å². The Balaban J connectivity index is 1.24. The zero-order valence-corrected chi connectivity index (χ0v) is 19.3. The van der Waals surface area contributed by atoms with E-state index in [-0.39, 0.29) is 11.9 Å². The molecule has 1 amide bonds. The Kier molecular flexibility index (Phi) is 6.30. The summed E-state index contributed by atoms with van der Waals surface area (Å²) in [7, 11) is 0. The molecular weight excluding hydrogens is 436 g/mol. The molecule has 0 radical (unpaired) electrons. The van der Waals surface area contributed by atoms with Gasteiger partial charge in [-0.3, -0.25) is 4.79 Å². The van der Waals surface area contributed by atoms with Gasteiger partial charge in [0.1, 0.15) is 25.6 Å². The smallest absolute Gasteiger partial charge is 0.247 e. The maximum atomic E-state index is 13.0. The molecule has 2 aliphatic heterocycles. The molecule has 3 heterocycles. The number of ether oxygens (including phenoxy) is 3. The monoisotopic (exact) mass is 462 g/mol. The fourth-order valence-corrected chi connectivity index (χ4v) is 4.84. The van der Waals surface area contributed by atoms with Crippen molar-refractivity contribution in [3.8, 4) is 17.2 Å². The summed E-state index contributed by atoms with van der Waals surface area (Å²) in [5.41, 5.74) is 2.93. The third-order valence-corrected chi connectivity index (χ3v) is 6.64. The number of fused-ring (bicyclic) bond motifs is 1. The number of thiazole rings is 1. The second-order valence-electron chi connectivity index (χ2n) is 8.15. The molecule has 0 N–H and O–H groups in total. The second kappa shape index (κ2) is 9.67. The number of carbonyl (C=O) groups is 1. The Bertz CT molecular complexity index is 1170. The lowest BCUT2D eigenvalue weighted by Crippen LogP contribution is -2.29. The van der Waals surface area contributed by atoms with Crippen LogP contribution in [0.4, 0.5) is 0 Å². The van der Waals surface area contributed by atoms with Crippen molar-refractivity contribution in [2.75, 3.05) is 19.8 Å². The highest BCUT2D eigenvalue weighted by atomic mass is 32.1. The second-order valence-corrected chi connectivity index (χ2v) is 9.21. The number of benzene rings is 2. The Labute approximate surface area is 197 Å². The quantitative estimate of drug-likeness (QED) is 0.473. The molecule has 170 valence electrons. The van der Waals surface area contributed by atoms with Crippen molar-refractivity contribution in [3.05, 3.63) is 75.7 Å². The van der Waals surface area contributed by atoms with E-state index in [9.17, 15) is 4.79 Å². The van der Waals surface area contributed by atoms with Crippen molar-refractivity contribution < 1.29 is 19.0 Å². The number of amides is 1. The molecular formula is C26H26N2O4S. The zero-order chi connectivity index (χ0) is 22.6. The van der Waals surface area contributed by atoms with Crippen LogP contribution in [0.2, 0.25) is 0 Å². The number of likely N-dealkylation sites (tertiary alicyclic amines) is 1. The molecule has 0 bridgehead atoms. The molecule has 2 aliphatic rings. The Morgan fingerprint density at radius 1 is 1.21 bits per heavy atom. The van der Waals surface area contributed by atoms with Crippen molar-refractivity contribution in [2.24, 2.45) is 0 Å². The Hall–Kier alpha value is -3.32. The summed E-state index contributed by atoms with van der Waals surface area (Å²) in [4.78, 5) is 19.4. The largest absolute Gasteiger partial charge is 0.487 e. The third kappa shape index (κ3) is 5.03. The van der Waals surface area contributed by atoms with Gasteiger partial charge in [0.25, 0.3) is 0 Å². The van der Waals surface area contributed by atoms with Gasteiger partial charge in [-0.2, -0.15) is 0 Å². The van der Waals surface area contributed by atoms with E-state index >= 15 is 0 Å². The van der Waals surface area contributed by atoms with E-state index < -0.39 is 0 Å². The number of nitrogens with zero attached hydrogens (tertiary/aromatic N) is 2. The average molecular weight is 463 g/mol. The van der Waals surface area contributed by atoms with Gasteiger partial charge in [0.2, 0.25) is 5.91 Å². The number of aromatic nitrogens is 1. The van der Waals surface area contributed by atoms with Crippen LogP contribution in [-0.4, -0.2) is 35.5 Å². The minimum absolute atomic E-state index is 0.0108. The van der Waals surface area contributed by atoms with E-state index in [2.05, 4.69) is 4.98 Å². The topological polar surface area (TPSA) is 60.9 Å². The lowest BCUT2D eigenvalue weighted by molar-refractivity contribution is -0.126. The maximum absolute atomic E-state index is 13.0. The molecule has 0 aliphatic carbocycles. The molecule has 3 aromatic rings. The molecule has 1 aromatic heterocycles. The molecule has 1 atom stereocenters. The number of rotatable bonds is 6. The summed E-state index contributed by atoms with van der Waals surface area (Å²) in [6.07, 6.45) is 5.43. The summed E-state index contributed by atoms with van der Waals surface area (Å²) in [6, 6.07) is 13.8. The van der Waals surface area contributed by atoms with Crippen LogP contribution in [0.1, 0.15) is 40.7 Å². The summed E-state index contributed by atoms with van der Waals surface area (Å²) in [6.45, 7) is 4.29. The zero-order valence-electron chi connectivity index (χ0n) is 18.5. The van der Waals surface area contributed by atoms with Crippen molar-refractivity contribution in [1.82, 2.24) is 9.88 Å². The lowest BCUT2D eigenvalue weighted by Gasteiger charge is -2.26. The van der Waals surface area contributed by atoms with Crippen LogP contribution in [0.5, 0.6) is 17.2 Å². The normalized spacial score (nSPS) is 17.5. The van der Waals surface area contributed by atoms with Gasteiger partial charge in [-0.15, -0.1) is 11.3 Å². The molecule has 0 unspecified atom stereocenters. The predicted molar refractivity (Wildman–Crippen MR) is 128 cm³/mol. The summed E-state index contributed by atoms with van der Waals surface area (Å²) < 4.78 is 17.2. The molecule has 33 heavy (non-hydrogen) atoms. The summed E-state index contributed by atoms with van der Waals surface area (Å²) in [5.74, 6) is 2.30. The van der Waals surface area contributed by atoms with Crippen molar-refractivity contribution in [3.63, 3.8) is 0 Å².